The molecule has 1 aliphatic heterocycles. The first-order chi connectivity index (χ1) is 11.6. The average Bonchev–Trinajstić information content (AvgIpc) is 2.95. The Morgan fingerprint density at radius 3 is 2.67 bits per heavy atom. The number of ether oxygens (including phenoxy) is 1. The van der Waals surface area contributed by atoms with Crippen molar-refractivity contribution >= 4 is 17.5 Å². The van der Waals surface area contributed by atoms with E-state index in [1.165, 1.54) is 17.0 Å². The fourth-order valence-corrected chi connectivity index (χ4v) is 2.71. The van der Waals surface area contributed by atoms with E-state index in [1.54, 1.807) is 43.5 Å². The zero-order chi connectivity index (χ0) is 17.1. The van der Waals surface area contributed by atoms with Crippen molar-refractivity contribution in [3.05, 3.63) is 59.9 Å². The van der Waals surface area contributed by atoms with Crippen LogP contribution in [0.2, 0.25) is 0 Å². The zero-order valence-corrected chi connectivity index (χ0v) is 13.2. The zero-order valence-electron chi connectivity index (χ0n) is 13.2. The van der Waals surface area contributed by atoms with E-state index in [0.717, 1.165) is 0 Å². The number of halogens is 1. The normalized spacial score (nSPS) is 17.0. The van der Waals surface area contributed by atoms with Crippen LogP contribution in [0.4, 0.5) is 10.1 Å². The van der Waals surface area contributed by atoms with Gasteiger partial charge < -0.3 is 15.0 Å². The van der Waals surface area contributed by atoms with Crippen LogP contribution in [0, 0.1) is 5.82 Å². The first-order valence-corrected chi connectivity index (χ1v) is 7.57. The number of amides is 2. The van der Waals surface area contributed by atoms with E-state index in [-0.39, 0.29) is 24.3 Å². The maximum absolute atomic E-state index is 13.3. The summed E-state index contributed by atoms with van der Waals surface area (Å²) in [6, 6.07) is 12.3. The first-order valence-electron chi connectivity index (χ1n) is 7.57. The summed E-state index contributed by atoms with van der Waals surface area (Å²) in [4.78, 5) is 25.9. The molecule has 0 unspecified atom stereocenters. The number of benzene rings is 2. The van der Waals surface area contributed by atoms with Gasteiger partial charge >= 0.3 is 0 Å². The molecule has 2 aromatic carbocycles. The number of methoxy groups -OCH3 is 1. The Bertz CT molecular complexity index is 761. The highest BCUT2D eigenvalue weighted by Crippen LogP contribution is 2.22. The molecule has 0 aromatic heterocycles. The van der Waals surface area contributed by atoms with Crippen LogP contribution in [-0.4, -0.2) is 31.5 Å². The molecule has 0 radical (unpaired) electrons. The first kappa shape index (κ1) is 16.0. The lowest BCUT2D eigenvalue weighted by molar-refractivity contribution is -0.117. The number of nitrogens with zero attached hydrogens (tertiary/aromatic N) is 1. The number of carbonyl (C=O) groups excluding carboxylic acids is 2. The molecule has 2 aromatic rings. The Hall–Kier alpha value is -2.89. The predicted molar refractivity (Wildman–Crippen MR) is 87.6 cm³/mol. The Kier molecular flexibility index (Phi) is 4.46. The Balaban J connectivity index is 1.66. The molecule has 0 spiro atoms. The molecule has 1 aliphatic rings. The quantitative estimate of drug-likeness (QED) is 0.937. The molecule has 1 atom stereocenters. The lowest BCUT2D eigenvalue weighted by Gasteiger charge is -2.17. The number of carbonyl (C=O) groups is 2. The summed E-state index contributed by atoms with van der Waals surface area (Å²) in [7, 11) is 1.56. The minimum Gasteiger partial charge on any atom is -0.497 e. The molecule has 2 amide bonds. The van der Waals surface area contributed by atoms with Crippen LogP contribution in [0.15, 0.2) is 48.5 Å². The molecule has 6 heteroatoms. The van der Waals surface area contributed by atoms with E-state index in [2.05, 4.69) is 5.32 Å². The van der Waals surface area contributed by atoms with Crippen LogP contribution in [0.25, 0.3) is 0 Å². The number of anilines is 1. The van der Waals surface area contributed by atoms with Crippen molar-refractivity contribution < 1.29 is 18.7 Å². The van der Waals surface area contributed by atoms with Gasteiger partial charge in [0.25, 0.3) is 5.91 Å². The molecule has 24 heavy (non-hydrogen) atoms. The summed E-state index contributed by atoms with van der Waals surface area (Å²) in [5.41, 5.74) is 0.994. The van der Waals surface area contributed by atoms with Crippen LogP contribution in [0.1, 0.15) is 16.8 Å². The van der Waals surface area contributed by atoms with Crippen molar-refractivity contribution in [2.75, 3.05) is 18.6 Å². The molecule has 1 heterocycles. The summed E-state index contributed by atoms with van der Waals surface area (Å²) in [6.45, 7) is 0.324. The van der Waals surface area contributed by atoms with Gasteiger partial charge in [0.15, 0.2) is 0 Å². The molecule has 3 rings (SSSR count). The number of rotatable bonds is 4. The molecule has 5 nitrogen and oxygen atoms in total. The molecular weight excluding hydrogens is 311 g/mol. The molecule has 1 saturated heterocycles. The fourth-order valence-electron chi connectivity index (χ4n) is 2.71. The van der Waals surface area contributed by atoms with Gasteiger partial charge in [-0.25, -0.2) is 4.39 Å². The van der Waals surface area contributed by atoms with E-state index < -0.39 is 5.82 Å². The van der Waals surface area contributed by atoms with Gasteiger partial charge in [0.1, 0.15) is 11.6 Å². The molecule has 1 fully saturated rings. The highest BCUT2D eigenvalue weighted by Gasteiger charge is 2.31. The summed E-state index contributed by atoms with van der Waals surface area (Å²) >= 11 is 0. The van der Waals surface area contributed by atoms with Gasteiger partial charge in [0.05, 0.1) is 13.2 Å². The van der Waals surface area contributed by atoms with Gasteiger partial charge in [-0.2, -0.15) is 0 Å². The maximum Gasteiger partial charge on any atom is 0.251 e. The second-order valence-electron chi connectivity index (χ2n) is 5.59. The second kappa shape index (κ2) is 6.70. The van der Waals surface area contributed by atoms with E-state index in [9.17, 15) is 14.0 Å². The van der Waals surface area contributed by atoms with E-state index in [0.29, 0.717) is 23.5 Å². The standard InChI is InChI=1S/C18H17FN2O3/c1-24-16-7-5-12(6-8-16)18(23)20-14-10-17(22)21(11-14)15-4-2-3-13(19)9-15/h2-9,14H,10-11H2,1H3,(H,20,23)/t14-/m1/s1. The maximum atomic E-state index is 13.3. The van der Waals surface area contributed by atoms with Gasteiger partial charge in [-0.1, -0.05) is 6.07 Å². The summed E-state index contributed by atoms with van der Waals surface area (Å²) in [6.07, 6.45) is 0.193. The van der Waals surface area contributed by atoms with Gasteiger partial charge in [0.2, 0.25) is 5.91 Å². The Labute approximate surface area is 139 Å². The Morgan fingerprint density at radius 2 is 2.00 bits per heavy atom. The minimum absolute atomic E-state index is 0.138. The van der Waals surface area contributed by atoms with E-state index in [4.69, 9.17) is 4.74 Å². The monoisotopic (exact) mass is 328 g/mol. The van der Waals surface area contributed by atoms with Gasteiger partial charge in [-0.15, -0.1) is 0 Å². The van der Waals surface area contributed by atoms with Gasteiger partial charge in [-0.3, -0.25) is 9.59 Å². The summed E-state index contributed by atoms with van der Waals surface area (Å²) < 4.78 is 18.4. The van der Waals surface area contributed by atoms with Crippen molar-refractivity contribution in [2.24, 2.45) is 0 Å². The van der Waals surface area contributed by atoms with Crippen LogP contribution >= 0.6 is 0 Å². The van der Waals surface area contributed by atoms with Crippen LogP contribution in [0.3, 0.4) is 0 Å². The topological polar surface area (TPSA) is 58.6 Å². The van der Waals surface area contributed by atoms with Crippen molar-refractivity contribution in [3.63, 3.8) is 0 Å². The minimum atomic E-state index is -0.397. The van der Waals surface area contributed by atoms with Gasteiger partial charge in [0, 0.05) is 24.2 Å². The van der Waals surface area contributed by atoms with E-state index >= 15 is 0 Å². The van der Waals surface area contributed by atoms with Gasteiger partial charge in [-0.05, 0) is 42.5 Å². The highest BCUT2D eigenvalue weighted by molar-refractivity contribution is 5.99. The third kappa shape index (κ3) is 3.37. The van der Waals surface area contributed by atoms with Crippen molar-refractivity contribution in [1.82, 2.24) is 5.32 Å². The predicted octanol–water partition coefficient (Wildman–Crippen LogP) is 2.37. The number of hydrogen-bond acceptors (Lipinski definition) is 3. The number of hydrogen-bond donors (Lipinski definition) is 1. The fraction of sp³-hybridized carbons (Fsp3) is 0.222. The molecule has 1 N–H and O–H groups in total. The lowest BCUT2D eigenvalue weighted by atomic mass is 10.2. The smallest absolute Gasteiger partial charge is 0.251 e. The molecule has 124 valence electrons. The Morgan fingerprint density at radius 1 is 1.25 bits per heavy atom. The number of nitrogens with one attached hydrogen (secondary N) is 1. The molecule has 0 bridgehead atoms. The average molecular weight is 328 g/mol. The van der Waals surface area contributed by atoms with Crippen LogP contribution < -0.4 is 15.0 Å². The van der Waals surface area contributed by atoms with Crippen molar-refractivity contribution in [2.45, 2.75) is 12.5 Å². The van der Waals surface area contributed by atoms with Crippen molar-refractivity contribution in [1.29, 1.82) is 0 Å². The van der Waals surface area contributed by atoms with Crippen molar-refractivity contribution in [3.8, 4) is 5.75 Å². The van der Waals surface area contributed by atoms with Crippen LogP contribution in [0.5, 0.6) is 5.75 Å². The molecular formula is C18H17FN2O3. The third-order valence-electron chi connectivity index (χ3n) is 3.93. The summed E-state index contributed by atoms with van der Waals surface area (Å²) in [5.74, 6) is -0.122. The molecule has 0 aliphatic carbocycles. The SMILES string of the molecule is COc1ccc(C(=O)N[C@@H]2CC(=O)N(c3cccc(F)c3)C2)cc1. The molecule has 0 saturated carbocycles. The highest BCUT2D eigenvalue weighted by atomic mass is 19.1. The third-order valence-corrected chi connectivity index (χ3v) is 3.93. The largest absolute Gasteiger partial charge is 0.497 e. The van der Waals surface area contributed by atoms with Crippen LogP contribution in [-0.2, 0) is 4.79 Å². The lowest BCUT2D eigenvalue weighted by Crippen LogP contribution is -2.37. The summed E-state index contributed by atoms with van der Waals surface area (Å²) in [5, 5.41) is 2.84. The van der Waals surface area contributed by atoms with E-state index in [1.807, 2.05) is 0 Å². The second-order valence-corrected chi connectivity index (χ2v) is 5.59.